The zero-order chi connectivity index (χ0) is 33.1. The lowest BCUT2D eigenvalue weighted by atomic mass is 9.89. The van der Waals surface area contributed by atoms with Gasteiger partial charge in [0.25, 0.3) is 10.0 Å². The first-order valence-electron chi connectivity index (χ1n) is 15.1. The van der Waals surface area contributed by atoms with E-state index in [9.17, 15) is 32.7 Å². The summed E-state index contributed by atoms with van der Waals surface area (Å²) in [6.07, 6.45) is 6.28. The number of carbonyl (C=O) groups excluding carboxylic acids is 3. The maximum atomic E-state index is 13.3. The average Bonchev–Trinajstić information content (AvgIpc) is 3.67. The molecule has 14 heteroatoms. The second kappa shape index (κ2) is 16.4. The summed E-state index contributed by atoms with van der Waals surface area (Å²) in [6.45, 7) is 8.91. The molecule has 44 heavy (non-hydrogen) atoms. The molecule has 1 aliphatic heterocycles. The van der Waals surface area contributed by atoms with E-state index in [2.05, 4.69) is 17.6 Å². The van der Waals surface area contributed by atoms with Crippen LogP contribution in [0.3, 0.4) is 0 Å². The van der Waals surface area contributed by atoms with Crippen LogP contribution in [0.15, 0.2) is 33.9 Å². The third-order valence-electron chi connectivity index (χ3n) is 7.72. The number of hydrogen-bond donors (Lipinski definition) is 3. The third kappa shape index (κ3) is 10.0. The standard InChI is InChI=1S/C30H48N4O8S2/c1-7-9-10-11-12-17-30(8-2,27(37)38)32-26(36)22-15-13-18-34(22)24(35)20-31-28(39)42-23(29(3,4)5)21-33(6)44(40,41)25-16-14-19-43-25/h12,14,16-17,19,22-23H,7-11,13,15,18,20-21H2,1-6H3,(H,31,39)(H,32,36)(H,37,38)/b17-12-/t22-,23?,30+/m0/s1. The van der Waals surface area contributed by atoms with E-state index in [1.165, 1.54) is 24.1 Å². The summed E-state index contributed by atoms with van der Waals surface area (Å²) in [4.78, 5) is 52.6. The molecule has 1 saturated heterocycles. The minimum atomic E-state index is -3.77. The Balaban J connectivity index is 2.02. The van der Waals surface area contributed by atoms with Crippen molar-refractivity contribution in [2.75, 3.05) is 26.7 Å². The van der Waals surface area contributed by atoms with E-state index in [4.69, 9.17) is 4.74 Å². The maximum Gasteiger partial charge on any atom is 0.407 e. The molecule has 0 aliphatic carbocycles. The second-order valence-electron chi connectivity index (χ2n) is 12.1. The van der Waals surface area contributed by atoms with Crippen LogP contribution in [0.5, 0.6) is 0 Å². The van der Waals surface area contributed by atoms with Crippen LogP contribution >= 0.6 is 11.3 Å². The molecule has 12 nitrogen and oxygen atoms in total. The molecule has 0 saturated carbocycles. The maximum absolute atomic E-state index is 13.3. The highest BCUT2D eigenvalue weighted by atomic mass is 32.2. The van der Waals surface area contributed by atoms with Crippen molar-refractivity contribution in [2.45, 2.75) is 101 Å². The Morgan fingerprint density at radius 3 is 2.50 bits per heavy atom. The number of thiophene rings is 1. The molecule has 0 aromatic carbocycles. The smallest absolute Gasteiger partial charge is 0.407 e. The Morgan fingerprint density at radius 2 is 1.93 bits per heavy atom. The van der Waals surface area contributed by atoms with Gasteiger partial charge in [-0.15, -0.1) is 11.3 Å². The van der Waals surface area contributed by atoms with Crippen molar-refractivity contribution in [3.8, 4) is 0 Å². The predicted molar refractivity (Wildman–Crippen MR) is 169 cm³/mol. The predicted octanol–water partition coefficient (Wildman–Crippen LogP) is 3.99. The van der Waals surface area contributed by atoms with Crippen LogP contribution in [0.4, 0.5) is 4.79 Å². The minimum absolute atomic E-state index is 0.102. The number of ether oxygens (including phenoxy) is 1. The van der Waals surface area contributed by atoms with Gasteiger partial charge in [0.05, 0.1) is 6.54 Å². The summed E-state index contributed by atoms with van der Waals surface area (Å²) in [5.41, 5.74) is -2.21. The number of sulfonamides is 1. The van der Waals surface area contributed by atoms with Gasteiger partial charge in [-0.25, -0.2) is 18.0 Å². The monoisotopic (exact) mass is 656 g/mol. The SMILES string of the molecule is CCCCC/C=C\[C@@](CC)(NC(=O)[C@@H]1CCCN1C(=O)CNC(=O)OC(CN(C)S(=O)(=O)c1cccs1)C(C)(C)C)C(=O)O. The molecular formula is C30H48N4O8S2. The summed E-state index contributed by atoms with van der Waals surface area (Å²) in [5, 5.41) is 16.7. The Bertz CT molecular complexity index is 1260. The largest absolute Gasteiger partial charge is 0.479 e. The molecule has 1 aliphatic rings. The number of nitrogens with zero attached hydrogens (tertiary/aromatic N) is 2. The van der Waals surface area contributed by atoms with Crippen molar-refractivity contribution < 1.29 is 37.4 Å². The van der Waals surface area contributed by atoms with Crippen LogP contribution in [0.2, 0.25) is 0 Å². The quantitative estimate of drug-likeness (QED) is 0.178. The van der Waals surface area contributed by atoms with Crippen molar-refractivity contribution in [3.05, 3.63) is 29.7 Å². The van der Waals surface area contributed by atoms with Gasteiger partial charge < -0.3 is 25.4 Å². The molecular weight excluding hydrogens is 608 g/mol. The summed E-state index contributed by atoms with van der Waals surface area (Å²) < 4.78 is 32.7. The fraction of sp³-hybridized carbons (Fsp3) is 0.667. The third-order valence-corrected chi connectivity index (χ3v) is 10.9. The van der Waals surface area contributed by atoms with Gasteiger partial charge in [-0.05, 0) is 43.6 Å². The molecule has 1 fully saturated rings. The fourth-order valence-electron chi connectivity index (χ4n) is 4.77. The van der Waals surface area contributed by atoms with Gasteiger partial charge in [-0.2, -0.15) is 4.31 Å². The molecule has 1 unspecified atom stereocenters. The highest BCUT2D eigenvalue weighted by Crippen LogP contribution is 2.27. The second-order valence-corrected chi connectivity index (χ2v) is 15.3. The number of hydrogen-bond acceptors (Lipinski definition) is 8. The van der Waals surface area contributed by atoms with Crippen LogP contribution < -0.4 is 10.6 Å². The number of likely N-dealkylation sites (tertiary alicyclic amines) is 1. The van der Waals surface area contributed by atoms with Gasteiger partial charge in [0.2, 0.25) is 11.8 Å². The Morgan fingerprint density at radius 1 is 1.23 bits per heavy atom. The summed E-state index contributed by atoms with van der Waals surface area (Å²) in [6, 6.07) is 2.27. The van der Waals surface area contributed by atoms with Crippen molar-refractivity contribution >= 4 is 45.2 Å². The number of carboxylic acids is 1. The van der Waals surface area contributed by atoms with Crippen LogP contribution in [-0.4, -0.2) is 91.0 Å². The Hall–Kier alpha value is -2.97. The van der Waals surface area contributed by atoms with E-state index in [0.29, 0.717) is 19.3 Å². The topological polar surface area (TPSA) is 162 Å². The van der Waals surface area contributed by atoms with Crippen LogP contribution in [0.25, 0.3) is 0 Å². The molecule has 3 atom stereocenters. The molecule has 2 heterocycles. The molecule has 0 spiro atoms. The lowest BCUT2D eigenvalue weighted by Crippen LogP contribution is -2.58. The van der Waals surface area contributed by atoms with E-state index in [1.807, 2.05) is 20.8 Å². The molecule has 3 amide bonds. The van der Waals surface area contributed by atoms with Gasteiger partial charge in [0.15, 0.2) is 5.54 Å². The number of unbranched alkanes of at least 4 members (excludes halogenated alkanes) is 3. The fourth-order valence-corrected chi connectivity index (χ4v) is 7.14. The van der Waals surface area contributed by atoms with Gasteiger partial charge in [0, 0.05) is 19.0 Å². The van der Waals surface area contributed by atoms with E-state index >= 15 is 0 Å². The molecule has 248 valence electrons. The van der Waals surface area contributed by atoms with E-state index in [1.54, 1.807) is 24.4 Å². The number of carboxylic acid groups (broad SMARTS) is 1. The van der Waals surface area contributed by atoms with Crippen molar-refractivity contribution in [1.29, 1.82) is 0 Å². The van der Waals surface area contributed by atoms with E-state index < -0.39 is 63.5 Å². The lowest BCUT2D eigenvalue weighted by Gasteiger charge is -2.33. The summed E-state index contributed by atoms with van der Waals surface area (Å²) in [7, 11) is -2.35. The van der Waals surface area contributed by atoms with Crippen molar-refractivity contribution in [3.63, 3.8) is 0 Å². The number of allylic oxidation sites excluding steroid dienone is 1. The first-order valence-corrected chi connectivity index (χ1v) is 17.4. The molecule has 2 rings (SSSR count). The van der Waals surface area contributed by atoms with E-state index in [-0.39, 0.29) is 23.7 Å². The zero-order valence-corrected chi connectivity index (χ0v) is 28.3. The van der Waals surface area contributed by atoms with Crippen LogP contribution in [0.1, 0.15) is 79.6 Å². The number of carbonyl (C=O) groups is 4. The van der Waals surface area contributed by atoms with Gasteiger partial charge in [-0.1, -0.05) is 65.7 Å². The Kier molecular flexibility index (Phi) is 13.8. The van der Waals surface area contributed by atoms with Crippen LogP contribution in [-0.2, 0) is 29.1 Å². The van der Waals surface area contributed by atoms with Gasteiger partial charge in [-0.3, -0.25) is 9.59 Å². The van der Waals surface area contributed by atoms with Crippen LogP contribution in [0, 0.1) is 5.41 Å². The average molecular weight is 657 g/mol. The lowest BCUT2D eigenvalue weighted by molar-refractivity contribution is -0.147. The number of alkyl carbamates (subject to hydrolysis) is 1. The minimum Gasteiger partial charge on any atom is -0.479 e. The normalized spacial score (nSPS) is 17.8. The number of amides is 3. The number of aliphatic carboxylic acids is 1. The van der Waals surface area contributed by atoms with Gasteiger partial charge in [0.1, 0.15) is 22.9 Å². The molecule has 0 radical (unpaired) electrons. The number of likely N-dealkylation sites (N-methyl/N-ethyl adjacent to an activating group) is 1. The summed E-state index contributed by atoms with van der Waals surface area (Å²) in [5.74, 6) is -2.26. The van der Waals surface area contributed by atoms with Crippen molar-refractivity contribution in [1.82, 2.24) is 19.8 Å². The van der Waals surface area contributed by atoms with Crippen molar-refractivity contribution in [2.24, 2.45) is 5.41 Å². The number of nitrogens with one attached hydrogen (secondary N) is 2. The Labute approximate surface area is 265 Å². The molecule has 1 aromatic heterocycles. The highest BCUT2D eigenvalue weighted by molar-refractivity contribution is 7.91. The first-order chi connectivity index (χ1) is 20.6. The molecule has 1 aromatic rings. The summed E-state index contributed by atoms with van der Waals surface area (Å²) >= 11 is 1.09. The number of rotatable bonds is 16. The van der Waals surface area contributed by atoms with Gasteiger partial charge >= 0.3 is 12.1 Å². The van der Waals surface area contributed by atoms with E-state index in [0.717, 1.165) is 34.9 Å². The zero-order valence-electron chi connectivity index (χ0n) is 26.6. The first kappa shape index (κ1) is 37.2. The molecule has 3 N–H and O–H groups in total. The molecule has 0 bridgehead atoms. The highest BCUT2D eigenvalue weighted by Gasteiger charge is 2.41.